The molecule has 2 heterocycles. The zero-order valence-corrected chi connectivity index (χ0v) is 16.1. The predicted octanol–water partition coefficient (Wildman–Crippen LogP) is 4.17. The van der Waals surface area contributed by atoms with Gasteiger partial charge in [-0.15, -0.1) is 0 Å². The van der Waals surface area contributed by atoms with Crippen LogP contribution in [-0.4, -0.2) is 24.9 Å². The highest BCUT2D eigenvalue weighted by molar-refractivity contribution is 5.91. The molecule has 0 fully saturated rings. The maximum atomic E-state index is 11.6. The minimum atomic E-state index is -0.103. The Morgan fingerprint density at radius 1 is 0.714 bits per heavy atom. The monoisotopic (exact) mass is 384 g/mol. The average molecular weight is 384 g/mol. The smallest absolute Gasteiger partial charge is 0.244 e. The van der Waals surface area contributed by atoms with Gasteiger partial charge in [0.25, 0.3) is 0 Å². The summed E-state index contributed by atoms with van der Waals surface area (Å²) in [5, 5.41) is 5.73. The summed E-state index contributed by atoms with van der Waals surface area (Å²) in [6.45, 7) is 1.36. The fourth-order valence-corrected chi connectivity index (χ4v) is 2.59. The Morgan fingerprint density at radius 2 is 1.14 bits per heavy atom. The van der Waals surface area contributed by atoms with E-state index in [0.29, 0.717) is 24.6 Å². The second-order valence-electron chi connectivity index (χ2n) is 6.40. The highest BCUT2D eigenvalue weighted by atomic mass is 16.3. The summed E-state index contributed by atoms with van der Waals surface area (Å²) in [7, 11) is 0. The van der Waals surface area contributed by atoms with Crippen LogP contribution in [0.15, 0.2) is 57.8 Å². The maximum absolute atomic E-state index is 11.6. The van der Waals surface area contributed by atoms with Gasteiger partial charge in [-0.2, -0.15) is 0 Å². The zero-order valence-electron chi connectivity index (χ0n) is 16.1. The molecule has 2 N–H and O–H groups in total. The van der Waals surface area contributed by atoms with E-state index in [9.17, 15) is 9.59 Å². The van der Waals surface area contributed by atoms with Crippen LogP contribution in [0.5, 0.6) is 0 Å². The fraction of sp³-hybridized carbons (Fsp3) is 0.364. The minimum absolute atomic E-state index is 0.103. The van der Waals surface area contributed by atoms with Crippen LogP contribution in [0.2, 0.25) is 0 Å². The molecule has 2 aromatic heterocycles. The van der Waals surface area contributed by atoms with Gasteiger partial charge in [0.05, 0.1) is 12.5 Å². The van der Waals surface area contributed by atoms with E-state index in [-0.39, 0.29) is 11.8 Å². The van der Waals surface area contributed by atoms with Crippen molar-refractivity contribution in [2.24, 2.45) is 0 Å². The third-order valence-electron chi connectivity index (χ3n) is 4.09. The van der Waals surface area contributed by atoms with Gasteiger partial charge in [0, 0.05) is 25.2 Å². The van der Waals surface area contributed by atoms with Crippen LogP contribution in [0.25, 0.3) is 12.2 Å². The van der Waals surface area contributed by atoms with Gasteiger partial charge in [-0.05, 0) is 49.3 Å². The largest absolute Gasteiger partial charge is 0.465 e. The Hall–Kier alpha value is -3.02. The zero-order chi connectivity index (χ0) is 19.9. The van der Waals surface area contributed by atoms with E-state index in [4.69, 9.17) is 8.83 Å². The lowest BCUT2D eigenvalue weighted by molar-refractivity contribution is -0.117. The van der Waals surface area contributed by atoms with Crippen molar-refractivity contribution in [3.05, 3.63) is 60.5 Å². The second kappa shape index (κ2) is 13.2. The van der Waals surface area contributed by atoms with Crippen LogP contribution < -0.4 is 10.6 Å². The van der Waals surface area contributed by atoms with E-state index in [1.165, 1.54) is 12.2 Å². The number of rotatable bonds is 13. The first kappa shape index (κ1) is 21.3. The van der Waals surface area contributed by atoms with Gasteiger partial charge in [0.15, 0.2) is 0 Å². The molecule has 6 heteroatoms. The molecule has 0 aromatic carbocycles. The van der Waals surface area contributed by atoms with Gasteiger partial charge in [-0.3, -0.25) is 9.59 Å². The number of nitrogens with one attached hydrogen (secondary N) is 2. The van der Waals surface area contributed by atoms with E-state index in [2.05, 4.69) is 10.6 Å². The summed E-state index contributed by atoms with van der Waals surface area (Å²) < 4.78 is 10.3. The SMILES string of the molecule is O=C(/C=C/c1ccco1)NCCCCCCCCNC(=O)/C=C/c1ccco1. The quantitative estimate of drug-likeness (QED) is 0.401. The van der Waals surface area contributed by atoms with Crippen LogP contribution >= 0.6 is 0 Å². The molecule has 2 amide bonds. The van der Waals surface area contributed by atoms with Gasteiger partial charge in [-0.25, -0.2) is 0 Å². The first-order chi connectivity index (χ1) is 13.7. The van der Waals surface area contributed by atoms with Crippen molar-refractivity contribution in [2.45, 2.75) is 38.5 Å². The summed E-state index contributed by atoms with van der Waals surface area (Å²) in [6, 6.07) is 7.16. The van der Waals surface area contributed by atoms with Crippen LogP contribution in [0, 0.1) is 0 Å². The normalized spacial score (nSPS) is 11.3. The standard InChI is InChI=1S/C22H28N2O4/c25-21(13-11-19-9-7-17-27-19)23-15-5-3-1-2-4-6-16-24-22(26)14-12-20-10-8-18-28-20/h7-14,17-18H,1-6,15-16H2,(H,23,25)(H,24,26)/b13-11+,14-12+. The van der Waals surface area contributed by atoms with Crippen molar-refractivity contribution < 1.29 is 18.4 Å². The lowest BCUT2D eigenvalue weighted by Gasteiger charge is -2.04. The predicted molar refractivity (Wildman–Crippen MR) is 109 cm³/mol. The van der Waals surface area contributed by atoms with Crippen LogP contribution in [0.4, 0.5) is 0 Å². The van der Waals surface area contributed by atoms with Gasteiger partial charge in [0.2, 0.25) is 11.8 Å². The van der Waals surface area contributed by atoms with Crippen LogP contribution in [0.1, 0.15) is 50.0 Å². The molecule has 0 bridgehead atoms. The topological polar surface area (TPSA) is 84.5 Å². The Labute approximate surface area is 165 Å². The van der Waals surface area contributed by atoms with Gasteiger partial charge in [0.1, 0.15) is 11.5 Å². The first-order valence-corrected chi connectivity index (χ1v) is 9.73. The third-order valence-corrected chi connectivity index (χ3v) is 4.09. The molecule has 0 saturated heterocycles. The number of furan rings is 2. The molecular weight excluding hydrogens is 356 g/mol. The maximum Gasteiger partial charge on any atom is 0.244 e. The lowest BCUT2D eigenvalue weighted by Crippen LogP contribution is -2.22. The Kier molecular flexibility index (Phi) is 10.0. The molecule has 2 aromatic rings. The van der Waals surface area contributed by atoms with Gasteiger partial charge < -0.3 is 19.5 Å². The molecule has 2 rings (SSSR count). The number of amides is 2. The Bertz CT molecular complexity index is 666. The van der Waals surface area contributed by atoms with E-state index in [1.54, 1.807) is 48.9 Å². The molecule has 0 unspecified atom stereocenters. The molecule has 0 saturated carbocycles. The van der Waals surface area contributed by atoms with E-state index >= 15 is 0 Å². The van der Waals surface area contributed by atoms with E-state index < -0.39 is 0 Å². The molecule has 150 valence electrons. The molecule has 0 spiro atoms. The summed E-state index contributed by atoms with van der Waals surface area (Å²) in [6.07, 6.45) is 15.8. The van der Waals surface area contributed by atoms with Crippen molar-refractivity contribution in [3.8, 4) is 0 Å². The lowest BCUT2D eigenvalue weighted by atomic mass is 10.1. The number of unbranched alkanes of at least 4 members (excludes halogenated alkanes) is 5. The number of carbonyl (C=O) groups excluding carboxylic acids is 2. The first-order valence-electron chi connectivity index (χ1n) is 9.73. The minimum Gasteiger partial charge on any atom is -0.465 e. The number of hydrogen-bond donors (Lipinski definition) is 2. The molecule has 0 radical (unpaired) electrons. The molecule has 28 heavy (non-hydrogen) atoms. The number of carbonyl (C=O) groups is 2. The fourth-order valence-electron chi connectivity index (χ4n) is 2.59. The molecule has 0 aliphatic carbocycles. The highest BCUT2D eigenvalue weighted by Gasteiger charge is 1.98. The number of hydrogen-bond acceptors (Lipinski definition) is 4. The van der Waals surface area contributed by atoms with Crippen molar-refractivity contribution in [1.82, 2.24) is 10.6 Å². The molecule has 0 atom stereocenters. The summed E-state index contributed by atoms with van der Waals surface area (Å²) >= 11 is 0. The summed E-state index contributed by atoms with van der Waals surface area (Å²) in [4.78, 5) is 23.3. The van der Waals surface area contributed by atoms with Crippen molar-refractivity contribution in [2.75, 3.05) is 13.1 Å². The third kappa shape index (κ3) is 9.62. The molecule has 0 aliphatic rings. The summed E-state index contributed by atoms with van der Waals surface area (Å²) in [5.74, 6) is 1.13. The average Bonchev–Trinajstić information content (AvgIpc) is 3.40. The summed E-state index contributed by atoms with van der Waals surface area (Å²) in [5.41, 5.74) is 0. The van der Waals surface area contributed by atoms with E-state index in [0.717, 1.165) is 38.5 Å². The molecular formula is C22H28N2O4. The molecule has 6 nitrogen and oxygen atoms in total. The van der Waals surface area contributed by atoms with Gasteiger partial charge in [-0.1, -0.05) is 25.7 Å². The van der Waals surface area contributed by atoms with Crippen molar-refractivity contribution >= 4 is 24.0 Å². The van der Waals surface area contributed by atoms with E-state index in [1.807, 2.05) is 0 Å². The Balaban J connectivity index is 1.37. The second-order valence-corrected chi connectivity index (χ2v) is 6.40. The molecule has 0 aliphatic heterocycles. The highest BCUT2D eigenvalue weighted by Crippen LogP contribution is 2.05. The van der Waals surface area contributed by atoms with Crippen molar-refractivity contribution in [1.29, 1.82) is 0 Å². The van der Waals surface area contributed by atoms with Gasteiger partial charge >= 0.3 is 0 Å². The Morgan fingerprint density at radius 3 is 1.54 bits per heavy atom. The van der Waals surface area contributed by atoms with Crippen LogP contribution in [0.3, 0.4) is 0 Å². The van der Waals surface area contributed by atoms with Crippen molar-refractivity contribution in [3.63, 3.8) is 0 Å². The van der Waals surface area contributed by atoms with Crippen LogP contribution in [-0.2, 0) is 9.59 Å².